The molecule has 0 saturated carbocycles. The van der Waals surface area contributed by atoms with Gasteiger partial charge in [0.15, 0.2) is 80.8 Å². The zero-order valence-corrected chi connectivity index (χ0v) is 37.1. The van der Waals surface area contributed by atoms with E-state index in [9.17, 15) is 95.2 Å². The summed E-state index contributed by atoms with van der Waals surface area (Å²) in [7, 11) is 0. The lowest BCUT2D eigenvalue weighted by Crippen LogP contribution is -2.45. The Morgan fingerprint density at radius 2 is 0.784 bits per heavy atom. The first-order valence-corrected chi connectivity index (χ1v) is 20.9. The average Bonchev–Trinajstić information content (AvgIpc) is 3.35. The Labute approximate surface area is 411 Å². The van der Waals surface area contributed by atoms with Crippen molar-refractivity contribution in [3.63, 3.8) is 0 Å². The van der Waals surface area contributed by atoms with Crippen LogP contribution in [0.15, 0.2) is 84.9 Å². The molecule has 74 heavy (non-hydrogen) atoms. The van der Waals surface area contributed by atoms with E-state index in [-0.39, 0.29) is 24.2 Å². The fourth-order valence-corrected chi connectivity index (χ4v) is 6.72. The molecule has 3 unspecified atom stereocenters. The maximum absolute atomic E-state index is 13.7. The third-order valence-electron chi connectivity index (χ3n) is 10.5. The van der Waals surface area contributed by atoms with Gasteiger partial charge in [0.2, 0.25) is 17.8 Å². The van der Waals surface area contributed by atoms with E-state index in [1.54, 1.807) is 0 Å². The van der Waals surface area contributed by atoms with Gasteiger partial charge >= 0.3 is 35.8 Å². The second kappa shape index (κ2) is 20.8. The van der Waals surface area contributed by atoms with Crippen LogP contribution < -0.4 is 14.2 Å². The Morgan fingerprint density at radius 1 is 0.405 bits per heavy atom. The molecular weight excluding hydrogens is 993 g/mol. The van der Waals surface area contributed by atoms with Crippen molar-refractivity contribution in [2.24, 2.45) is 0 Å². The number of benzene rings is 6. The van der Waals surface area contributed by atoms with E-state index in [0.29, 0.717) is 36.4 Å². The molecule has 1 aliphatic heterocycles. The van der Waals surface area contributed by atoms with Gasteiger partial charge < -0.3 is 99.5 Å². The number of ether oxygens (including phenoxy) is 7. The first-order valence-electron chi connectivity index (χ1n) is 20.9. The number of rotatable bonds is 13. The van der Waals surface area contributed by atoms with Gasteiger partial charge in [-0.15, -0.1) is 0 Å². The molecule has 7 rings (SSSR count). The number of phenols is 13. The second-order valence-corrected chi connectivity index (χ2v) is 15.6. The van der Waals surface area contributed by atoms with Crippen LogP contribution in [0.4, 0.5) is 0 Å². The van der Waals surface area contributed by atoms with Crippen LogP contribution in [0.5, 0.6) is 92.0 Å². The van der Waals surface area contributed by atoms with Gasteiger partial charge in [-0.1, -0.05) is 6.07 Å². The highest BCUT2D eigenvalue weighted by atomic mass is 16.7. The van der Waals surface area contributed by atoms with Crippen molar-refractivity contribution in [3.8, 4) is 92.0 Å². The molecule has 384 valence electrons. The first kappa shape index (κ1) is 51.4. The number of aromatic hydroxyl groups is 13. The van der Waals surface area contributed by atoms with Crippen LogP contribution in [0.25, 0.3) is 0 Å². The quantitative estimate of drug-likeness (QED) is 0.0332. The van der Waals surface area contributed by atoms with Crippen molar-refractivity contribution in [2.45, 2.75) is 31.3 Å². The molecule has 6 aromatic carbocycles. The van der Waals surface area contributed by atoms with Crippen LogP contribution in [0.2, 0.25) is 0 Å². The lowest BCUT2D eigenvalue weighted by atomic mass is 10.1. The summed E-state index contributed by atoms with van der Waals surface area (Å²) in [4.78, 5) is 79.1. The van der Waals surface area contributed by atoms with E-state index in [4.69, 9.17) is 33.2 Å². The standard InChI is InChI=1S/C48H36O26/c49-26-7-19(8-27(50)37(26)57)44(64)69-24-3-1-2-18(6-24)43(63)71-34-5-4-25(17-68-42(62)22-13-32(55)40(60)35(15-22)72-45(65)20-9-28(51)38(58)29(52)10-20)70-48(34)74-47(67)23-14-33(56)41(61)36(16-23)73-46(66)21-11-30(53)39(59)31(54)12-21/h1-3,6-16,25,34,48-61H,4-5,17H2. The number of carbonyl (C=O) groups is 6. The summed E-state index contributed by atoms with van der Waals surface area (Å²) in [5, 5.41) is 129. The largest absolute Gasteiger partial charge is 0.504 e. The lowest BCUT2D eigenvalue weighted by molar-refractivity contribution is -0.221. The Kier molecular flexibility index (Phi) is 14.5. The fourth-order valence-electron chi connectivity index (χ4n) is 6.72. The Morgan fingerprint density at radius 3 is 1.23 bits per heavy atom. The zero-order valence-electron chi connectivity index (χ0n) is 37.1. The van der Waals surface area contributed by atoms with E-state index in [2.05, 4.69) is 0 Å². The van der Waals surface area contributed by atoms with E-state index >= 15 is 0 Å². The van der Waals surface area contributed by atoms with Crippen LogP contribution >= 0.6 is 0 Å². The minimum Gasteiger partial charge on any atom is -0.504 e. The first-order chi connectivity index (χ1) is 35.0. The predicted molar refractivity (Wildman–Crippen MR) is 238 cm³/mol. The third-order valence-corrected chi connectivity index (χ3v) is 10.5. The molecule has 13 N–H and O–H groups in total. The van der Waals surface area contributed by atoms with Crippen molar-refractivity contribution >= 4 is 35.8 Å². The highest BCUT2D eigenvalue weighted by molar-refractivity contribution is 5.97. The van der Waals surface area contributed by atoms with Crippen LogP contribution in [-0.4, -0.2) is 127 Å². The average molecular weight is 1030 g/mol. The minimum absolute atomic E-state index is 0.123. The fraction of sp³-hybridized carbons (Fsp3) is 0.125. The third kappa shape index (κ3) is 11.2. The summed E-state index contributed by atoms with van der Waals surface area (Å²) in [6, 6.07) is 12.1. The number of hydrogen-bond donors (Lipinski definition) is 13. The van der Waals surface area contributed by atoms with Gasteiger partial charge in [-0.05, 0) is 91.7 Å². The van der Waals surface area contributed by atoms with Crippen LogP contribution in [0.3, 0.4) is 0 Å². The molecule has 6 aromatic rings. The predicted octanol–water partition coefficient (Wildman–Crippen LogP) is 4.26. The van der Waals surface area contributed by atoms with Crippen molar-refractivity contribution in [1.29, 1.82) is 0 Å². The van der Waals surface area contributed by atoms with Gasteiger partial charge in [0, 0.05) is 0 Å². The number of hydrogen-bond acceptors (Lipinski definition) is 26. The van der Waals surface area contributed by atoms with Gasteiger partial charge in [-0.3, -0.25) is 0 Å². The van der Waals surface area contributed by atoms with Gasteiger partial charge in [0.05, 0.1) is 39.5 Å². The molecule has 26 nitrogen and oxygen atoms in total. The maximum atomic E-state index is 13.7. The Hall–Kier alpha value is -10.5. The van der Waals surface area contributed by atoms with Crippen molar-refractivity contribution in [3.05, 3.63) is 118 Å². The molecule has 26 heteroatoms. The van der Waals surface area contributed by atoms with Crippen LogP contribution in [-0.2, 0) is 18.9 Å². The van der Waals surface area contributed by atoms with Crippen LogP contribution in [0.1, 0.15) is 75.0 Å². The molecule has 0 aromatic heterocycles. The summed E-state index contributed by atoms with van der Waals surface area (Å²) in [6.45, 7) is -0.678. The number of esters is 6. The monoisotopic (exact) mass is 1030 g/mol. The molecule has 1 heterocycles. The van der Waals surface area contributed by atoms with E-state index in [0.717, 1.165) is 30.3 Å². The van der Waals surface area contributed by atoms with Gasteiger partial charge in [0.1, 0.15) is 12.4 Å². The molecular formula is C48H36O26. The molecule has 3 atom stereocenters. The van der Waals surface area contributed by atoms with Gasteiger partial charge in [-0.25, -0.2) is 28.8 Å². The minimum atomic E-state index is -1.92. The molecule has 1 saturated heterocycles. The van der Waals surface area contributed by atoms with Crippen LogP contribution in [0, 0.1) is 0 Å². The van der Waals surface area contributed by atoms with Crippen molar-refractivity contribution in [2.75, 3.05) is 6.61 Å². The highest BCUT2D eigenvalue weighted by Gasteiger charge is 2.39. The van der Waals surface area contributed by atoms with E-state index in [1.165, 1.54) is 18.2 Å². The van der Waals surface area contributed by atoms with E-state index < -0.39 is 175 Å². The normalized spacial score (nSPS) is 15.0. The summed E-state index contributed by atoms with van der Waals surface area (Å²) in [5.41, 5.74) is -2.94. The molecule has 1 aliphatic rings. The summed E-state index contributed by atoms with van der Waals surface area (Å²) in [5.74, 6) is -21.9. The Bertz CT molecular complexity index is 3200. The molecule has 0 aliphatic carbocycles. The SMILES string of the molecule is O=C(OCC1CCC(OC(=O)c2cccc(OC(=O)c3cc(O)c(O)c(O)c3)c2)C(OC(=O)c2cc(O)c(O)c(OC(=O)c3cc(O)c(O)c(O)c3)c2)O1)c1cc(O)c(O)c(OC(=O)c2cc(O)c(O)c(O)c2)c1. The summed E-state index contributed by atoms with van der Waals surface area (Å²) >= 11 is 0. The smallest absolute Gasteiger partial charge is 0.343 e. The number of carbonyl (C=O) groups excluding carboxylic acids is 6. The number of phenolic OH excluding ortho intramolecular Hbond substituents is 13. The maximum Gasteiger partial charge on any atom is 0.343 e. The van der Waals surface area contributed by atoms with Gasteiger partial charge in [0.25, 0.3) is 0 Å². The second-order valence-electron chi connectivity index (χ2n) is 15.6. The zero-order chi connectivity index (χ0) is 53.9. The topological polar surface area (TPSA) is 430 Å². The van der Waals surface area contributed by atoms with E-state index in [1.807, 2.05) is 0 Å². The lowest BCUT2D eigenvalue weighted by Gasteiger charge is -2.35. The summed E-state index contributed by atoms with van der Waals surface area (Å²) < 4.78 is 37.8. The molecule has 1 fully saturated rings. The van der Waals surface area contributed by atoms with Gasteiger partial charge in [-0.2, -0.15) is 0 Å². The van der Waals surface area contributed by atoms with Crippen molar-refractivity contribution < 1.29 is 128 Å². The highest BCUT2D eigenvalue weighted by Crippen LogP contribution is 2.42. The Balaban J connectivity index is 1.09. The molecule has 0 amide bonds. The molecule has 0 radical (unpaired) electrons. The molecule has 0 spiro atoms. The molecule has 0 bridgehead atoms. The van der Waals surface area contributed by atoms with Crippen molar-refractivity contribution in [1.82, 2.24) is 0 Å². The summed E-state index contributed by atoms with van der Waals surface area (Å²) in [6.07, 6.45) is -5.01.